The molecule has 0 amide bonds. The van der Waals surface area contributed by atoms with E-state index in [4.69, 9.17) is 9.47 Å². The van der Waals surface area contributed by atoms with Gasteiger partial charge in [0.15, 0.2) is 11.5 Å². The fourth-order valence-corrected chi connectivity index (χ4v) is 3.09. The molecule has 1 heterocycles. The van der Waals surface area contributed by atoms with Crippen LogP contribution >= 0.6 is 15.9 Å². The van der Waals surface area contributed by atoms with Gasteiger partial charge in [0.05, 0.1) is 0 Å². The predicted molar refractivity (Wildman–Crippen MR) is 96.0 cm³/mol. The highest BCUT2D eigenvalue weighted by atomic mass is 79.9. The second-order valence-electron chi connectivity index (χ2n) is 6.13. The maximum absolute atomic E-state index is 5.71. The highest BCUT2D eigenvalue weighted by molar-refractivity contribution is 9.10. The van der Waals surface area contributed by atoms with Crippen molar-refractivity contribution in [1.82, 2.24) is 5.32 Å². The SMILES string of the molecule is CC(C)C(NCc1ccc(Br)cc1)c1ccc2c(c1)OCCO2. The molecular weight excluding hydrogens is 354 g/mol. The molecule has 3 rings (SSSR count). The lowest BCUT2D eigenvalue weighted by molar-refractivity contribution is 0.171. The van der Waals surface area contributed by atoms with Crippen molar-refractivity contribution < 1.29 is 9.47 Å². The van der Waals surface area contributed by atoms with Crippen LogP contribution in [0.5, 0.6) is 11.5 Å². The Hall–Kier alpha value is -1.52. The van der Waals surface area contributed by atoms with Gasteiger partial charge >= 0.3 is 0 Å². The van der Waals surface area contributed by atoms with E-state index in [1.807, 2.05) is 6.07 Å². The average Bonchev–Trinajstić information content (AvgIpc) is 2.56. The third kappa shape index (κ3) is 4.06. The van der Waals surface area contributed by atoms with Crippen molar-refractivity contribution in [3.8, 4) is 11.5 Å². The van der Waals surface area contributed by atoms with Gasteiger partial charge < -0.3 is 14.8 Å². The first kappa shape index (κ1) is 16.3. The van der Waals surface area contributed by atoms with Gasteiger partial charge in [-0.15, -0.1) is 0 Å². The summed E-state index contributed by atoms with van der Waals surface area (Å²) in [5.41, 5.74) is 2.51. The molecule has 0 bridgehead atoms. The molecule has 0 saturated heterocycles. The summed E-state index contributed by atoms with van der Waals surface area (Å²) in [6, 6.07) is 14.9. The largest absolute Gasteiger partial charge is 0.486 e. The average molecular weight is 376 g/mol. The Balaban J connectivity index is 1.74. The lowest BCUT2D eigenvalue weighted by Gasteiger charge is -2.25. The van der Waals surface area contributed by atoms with E-state index in [-0.39, 0.29) is 6.04 Å². The second-order valence-corrected chi connectivity index (χ2v) is 7.05. The molecule has 1 N–H and O–H groups in total. The maximum atomic E-state index is 5.71. The first-order chi connectivity index (χ1) is 11.1. The minimum absolute atomic E-state index is 0.273. The molecule has 1 aliphatic heterocycles. The molecule has 122 valence electrons. The monoisotopic (exact) mass is 375 g/mol. The fraction of sp³-hybridized carbons (Fsp3) is 0.368. The molecule has 0 saturated carbocycles. The zero-order valence-electron chi connectivity index (χ0n) is 13.5. The molecule has 2 aromatic carbocycles. The molecule has 0 aliphatic carbocycles. The zero-order chi connectivity index (χ0) is 16.2. The minimum atomic E-state index is 0.273. The molecule has 0 spiro atoms. The summed E-state index contributed by atoms with van der Waals surface area (Å²) < 4.78 is 12.4. The van der Waals surface area contributed by atoms with E-state index in [1.54, 1.807) is 0 Å². The first-order valence-electron chi connectivity index (χ1n) is 8.01. The molecule has 4 heteroatoms. The molecule has 1 unspecified atom stereocenters. The van der Waals surface area contributed by atoms with Crippen molar-refractivity contribution >= 4 is 15.9 Å². The Morgan fingerprint density at radius 3 is 2.39 bits per heavy atom. The van der Waals surface area contributed by atoms with Gasteiger partial charge in [0, 0.05) is 17.1 Å². The van der Waals surface area contributed by atoms with Crippen LogP contribution in [0.15, 0.2) is 46.9 Å². The zero-order valence-corrected chi connectivity index (χ0v) is 15.1. The molecule has 23 heavy (non-hydrogen) atoms. The minimum Gasteiger partial charge on any atom is -0.486 e. The summed E-state index contributed by atoms with van der Waals surface area (Å²) >= 11 is 3.47. The third-order valence-electron chi connectivity index (χ3n) is 4.03. The van der Waals surface area contributed by atoms with Gasteiger partial charge in [-0.25, -0.2) is 0 Å². The number of rotatable bonds is 5. The van der Waals surface area contributed by atoms with Crippen LogP contribution in [-0.2, 0) is 6.54 Å². The normalized spacial score (nSPS) is 14.8. The summed E-state index contributed by atoms with van der Waals surface area (Å²) in [7, 11) is 0. The molecule has 2 aromatic rings. The highest BCUT2D eigenvalue weighted by Crippen LogP contribution is 2.34. The lowest BCUT2D eigenvalue weighted by atomic mass is 9.95. The van der Waals surface area contributed by atoms with E-state index < -0.39 is 0 Å². The smallest absolute Gasteiger partial charge is 0.161 e. The lowest BCUT2D eigenvalue weighted by Crippen LogP contribution is -2.25. The molecule has 0 aromatic heterocycles. The van der Waals surface area contributed by atoms with Gasteiger partial charge in [0.25, 0.3) is 0 Å². The summed E-state index contributed by atoms with van der Waals surface area (Å²) in [5.74, 6) is 2.17. The predicted octanol–water partition coefficient (Wildman–Crippen LogP) is 4.71. The Morgan fingerprint density at radius 2 is 1.70 bits per heavy atom. The van der Waals surface area contributed by atoms with Crippen molar-refractivity contribution in [1.29, 1.82) is 0 Å². The van der Waals surface area contributed by atoms with Gasteiger partial charge in [-0.3, -0.25) is 0 Å². The van der Waals surface area contributed by atoms with E-state index in [1.165, 1.54) is 11.1 Å². The van der Waals surface area contributed by atoms with Gasteiger partial charge in [0.1, 0.15) is 13.2 Å². The van der Waals surface area contributed by atoms with Crippen LogP contribution in [0.2, 0.25) is 0 Å². The molecule has 1 aliphatic rings. The quantitative estimate of drug-likeness (QED) is 0.820. The number of ether oxygens (including phenoxy) is 2. The summed E-state index contributed by atoms with van der Waals surface area (Å²) in [4.78, 5) is 0. The van der Waals surface area contributed by atoms with Crippen molar-refractivity contribution in [2.75, 3.05) is 13.2 Å². The summed E-state index contributed by atoms with van der Waals surface area (Å²) in [6.45, 7) is 6.55. The summed E-state index contributed by atoms with van der Waals surface area (Å²) in [6.07, 6.45) is 0. The van der Waals surface area contributed by atoms with Gasteiger partial charge in [-0.1, -0.05) is 48.0 Å². The Morgan fingerprint density at radius 1 is 1.00 bits per heavy atom. The number of nitrogens with one attached hydrogen (secondary N) is 1. The molecule has 0 radical (unpaired) electrons. The molecule has 1 atom stereocenters. The van der Waals surface area contributed by atoms with E-state index in [2.05, 4.69) is 71.5 Å². The number of halogens is 1. The van der Waals surface area contributed by atoms with Gasteiger partial charge in [-0.2, -0.15) is 0 Å². The summed E-state index contributed by atoms with van der Waals surface area (Å²) in [5, 5.41) is 3.67. The van der Waals surface area contributed by atoms with Crippen LogP contribution in [0.25, 0.3) is 0 Å². The third-order valence-corrected chi connectivity index (χ3v) is 4.56. The van der Waals surface area contributed by atoms with Crippen molar-refractivity contribution in [3.63, 3.8) is 0 Å². The fourth-order valence-electron chi connectivity index (χ4n) is 2.82. The molecular formula is C19H22BrNO2. The Bertz CT molecular complexity index is 655. The van der Waals surface area contributed by atoms with E-state index in [0.29, 0.717) is 19.1 Å². The number of benzene rings is 2. The van der Waals surface area contributed by atoms with Crippen LogP contribution in [0.3, 0.4) is 0 Å². The van der Waals surface area contributed by atoms with Crippen molar-refractivity contribution in [2.24, 2.45) is 5.92 Å². The molecule has 0 fully saturated rings. The van der Waals surface area contributed by atoms with Crippen LogP contribution < -0.4 is 14.8 Å². The van der Waals surface area contributed by atoms with Gasteiger partial charge in [0.2, 0.25) is 0 Å². The Labute approximate surface area is 146 Å². The van der Waals surface area contributed by atoms with Crippen molar-refractivity contribution in [3.05, 3.63) is 58.1 Å². The van der Waals surface area contributed by atoms with Crippen LogP contribution in [0.1, 0.15) is 31.0 Å². The van der Waals surface area contributed by atoms with Crippen LogP contribution in [0, 0.1) is 5.92 Å². The number of hydrogen-bond acceptors (Lipinski definition) is 3. The maximum Gasteiger partial charge on any atom is 0.161 e. The van der Waals surface area contributed by atoms with Crippen LogP contribution in [0.4, 0.5) is 0 Å². The van der Waals surface area contributed by atoms with E-state index in [0.717, 1.165) is 22.5 Å². The van der Waals surface area contributed by atoms with E-state index in [9.17, 15) is 0 Å². The Kier molecular flexibility index (Phi) is 5.23. The van der Waals surface area contributed by atoms with Crippen LogP contribution in [-0.4, -0.2) is 13.2 Å². The number of hydrogen-bond donors (Lipinski definition) is 1. The molecule has 3 nitrogen and oxygen atoms in total. The van der Waals surface area contributed by atoms with Crippen molar-refractivity contribution in [2.45, 2.75) is 26.4 Å². The second kappa shape index (κ2) is 7.37. The van der Waals surface area contributed by atoms with E-state index >= 15 is 0 Å². The first-order valence-corrected chi connectivity index (χ1v) is 8.80. The standard InChI is InChI=1S/C19H22BrNO2/c1-13(2)19(21-12-14-3-6-16(20)7-4-14)15-5-8-17-18(11-15)23-10-9-22-17/h3-8,11,13,19,21H,9-10,12H2,1-2H3. The highest BCUT2D eigenvalue weighted by Gasteiger charge is 2.19. The topological polar surface area (TPSA) is 30.5 Å². The van der Waals surface area contributed by atoms with Gasteiger partial charge in [-0.05, 0) is 41.3 Å². The number of fused-ring (bicyclic) bond motifs is 1.